The Bertz CT molecular complexity index is 1250. The van der Waals surface area contributed by atoms with E-state index in [0.29, 0.717) is 16.7 Å². The molecule has 3 aromatic rings. The molecule has 0 N–H and O–H groups in total. The van der Waals surface area contributed by atoms with Crippen LogP contribution in [0.5, 0.6) is 0 Å². The second kappa shape index (κ2) is 16.3. The van der Waals surface area contributed by atoms with Crippen LogP contribution in [0.25, 0.3) is 0 Å². The Balaban J connectivity index is 2.31. The zero-order chi connectivity index (χ0) is 31.4. The number of ketones is 3. The molecule has 10 heteroatoms. The van der Waals surface area contributed by atoms with Crippen LogP contribution in [-0.2, 0) is 56.9 Å². The molecule has 0 spiro atoms. The molecule has 0 aliphatic heterocycles. The molecular weight excluding hydrogens is 596 g/mol. The Hall–Kier alpha value is -4.40. The summed E-state index contributed by atoms with van der Waals surface area (Å²) < 4.78 is 18.0. The molecule has 9 nitrogen and oxygen atoms in total. The van der Waals surface area contributed by atoms with Gasteiger partial charge in [-0.15, -0.1) is 0 Å². The van der Waals surface area contributed by atoms with E-state index in [0.717, 1.165) is 0 Å². The fourth-order valence-corrected chi connectivity index (χ4v) is 7.63. The third kappa shape index (κ3) is 10.4. The molecule has 0 saturated carbocycles. The molecule has 0 bridgehead atoms. The molecule has 0 fully saturated rings. The van der Waals surface area contributed by atoms with E-state index in [4.69, 9.17) is 14.2 Å². The fourth-order valence-electron chi connectivity index (χ4n) is 3.92. The number of hydrogen-bond acceptors (Lipinski definition) is 9. The van der Waals surface area contributed by atoms with Gasteiger partial charge in [-0.1, -0.05) is 0 Å². The summed E-state index contributed by atoms with van der Waals surface area (Å²) in [5.74, 6) is -3.69. The summed E-state index contributed by atoms with van der Waals surface area (Å²) in [6, 6.07) is 26.0. The first-order valence-electron chi connectivity index (χ1n) is 13.4. The van der Waals surface area contributed by atoms with E-state index in [1.54, 1.807) is 91.0 Å². The number of carbonyl (C=O) groups is 6. The van der Waals surface area contributed by atoms with E-state index in [1.807, 2.05) is 0 Å². The second-order valence-electron chi connectivity index (χ2n) is 9.60. The quantitative estimate of drug-likeness (QED) is 0.0956. The van der Waals surface area contributed by atoms with E-state index >= 15 is 0 Å². The summed E-state index contributed by atoms with van der Waals surface area (Å²) in [5, 5.41) is -3.42. The van der Waals surface area contributed by atoms with Crippen molar-refractivity contribution in [3.8, 4) is 0 Å². The number of rotatable bonds is 15. The Labute approximate surface area is 254 Å². The van der Waals surface area contributed by atoms with Crippen molar-refractivity contribution < 1.29 is 56.9 Å². The van der Waals surface area contributed by atoms with E-state index in [2.05, 4.69) is 0 Å². The topological polar surface area (TPSA) is 130 Å². The SMILES string of the molecule is CC(=O)CC(=O)O[CH](c1ccccc1)[Fe]([CH](OC(=O)CC(C)=O)c1ccccc1)[CH](OC(=O)CC(C)=O)c1ccccc1. The molecule has 0 aliphatic carbocycles. The van der Waals surface area contributed by atoms with Crippen LogP contribution in [0, 0.1) is 0 Å². The number of ether oxygens (including phenoxy) is 3. The van der Waals surface area contributed by atoms with E-state index in [9.17, 15) is 28.8 Å². The van der Waals surface area contributed by atoms with Crippen LogP contribution in [0.15, 0.2) is 91.0 Å². The zero-order valence-electron chi connectivity index (χ0n) is 24.0. The van der Waals surface area contributed by atoms with Crippen molar-refractivity contribution in [3.05, 3.63) is 108 Å². The standard InChI is InChI=1S/3C11H11O3.Fe/c3*1-9(12)7-11(13)14-8-10-5-3-2-4-6-10;/h3*2-6,8H,7H2,1H3;. The first-order valence-corrected chi connectivity index (χ1v) is 15.3. The first-order chi connectivity index (χ1) is 20.5. The summed E-state index contributed by atoms with van der Waals surface area (Å²) in [7, 11) is 0. The molecule has 0 radical (unpaired) electrons. The third-order valence-corrected chi connectivity index (χ3v) is 9.18. The van der Waals surface area contributed by atoms with E-state index < -0.39 is 83.4 Å². The van der Waals surface area contributed by atoms with Crippen molar-refractivity contribution in [2.75, 3.05) is 0 Å². The molecule has 3 atom stereocenters. The maximum atomic E-state index is 13.1. The Morgan fingerprint density at radius 3 is 0.907 bits per heavy atom. The van der Waals surface area contributed by atoms with Crippen LogP contribution in [0.3, 0.4) is 0 Å². The van der Waals surface area contributed by atoms with Crippen LogP contribution in [0.1, 0.15) is 71.7 Å². The number of hydrogen-bond donors (Lipinski definition) is 0. The van der Waals surface area contributed by atoms with Gasteiger partial charge in [0.05, 0.1) is 0 Å². The minimum atomic E-state index is -2.39. The molecule has 0 saturated heterocycles. The predicted octanol–water partition coefficient (Wildman–Crippen LogP) is 5.27. The molecule has 0 amide bonds. The van der Waals surface area contributed by atoms with Gasteiger partial charge in [-0.05, 0) is 0 Å². The monoisotopic (exact) mass is 629 g/mol. The summed E-state index contributed by atoms with van der Waals surface area (Å²) in [6.07, 6.45) is -1.51. The second-order valence-corrected chi connectivity index (χ2v) is 12.4. The van der Waals surface area contributed by atoms with Gasteiger partial charge in [0, 0.05) is 0 Å². The predicted molar refractivity (Wildman–Crippen MR) is 152 cm³/mol. The van der Waals surface area contributed by atoms with Gasteiger partial charge in [-0.2, -0.15) is 0 Å². The van der Waals surface area contributed by atoms with Crippen LogP contribution in [0.4, 0.5) is 0 Å². The Morgan fingerprint density at radius 1 is 0.465 bits per heavy atom. The van der Waals surface area contributed by atoms with Crippen molar-refractivity contribution >= 4 is 35.3 Å². The number of Topliss-reactive ketones (excluding diaryl/α,β-unsaturated/α-hetero) is 3. The van der Waals surface area contributed by atoms with Gasteiger partial charge in [-0.3, -0.25) is 0 Å². The maximum absolute atomic E-state index is 13.1. The van der Waals surface area contributed by atoms with Crippen LogP contribution >= 0.6 is 0 Å². The van der Waals surface area contributed by atoms with Crippen molar-refractivity contribution in [2.45, 2.75) is 55.0 Å². The molecule has 3 rings (SSSR count). The van der Waals surface area contributed by atoms with Crippen molar-refractivity contribution in [1.29, 1.82) is 0 Å². The van der Waals surface area contributed by atoms with Gasteiger partial charge < -0.3 is 0 Å². The van der Waals surface area contributed by atoms with Crippen molar-refractivity contribution in [2.24, 2.45) is 0 Å². The van der Waals surface area contributed by atoms with Gasteiger partial charge >= 0.3 is 255 Å². The molecule has 227 valence electrons. The molecule has 0 aliphatic rings. The molecule has 3 aromatic carbocycles. The average Bonchev–Trinajstić information content (AvgIpc) is 2.95. The van der Waals surface area contributed by atoms with Crippen LogP contribution in [-0.4, -0.2) is 35.3 Å². The van der Waals surface area contributed by atoms with Crippen molar-refractivity contribution in [3.63, 3.8) is 0 Å². The number of benzene rings is 3. The zero-order valence-corrected chi connectivity index (χ0v) is 25.1. The molecule has 43 heavy (non-hydrogen) atoms. The first kappa shape index (κ1) is 33.1. The molecule has 0 heterocycles. The Kier molecular flexibility index (Phi) is 12.5. The van der Waals surface area contributed by atoms with Crippen LogP contribution in [0.2, 0.25) is 0 Å². The fraction of sp³-hybridized carbons (Fsp3) is 0.273. The normalized spacial score (nSPS) is 13.0. The summed E-state index contributed by atoms with van der Waals surface area (Å²) in [6.45, 7) is 3.78. The number of carbonyl (C=O) groups excluding carboxylic acids is 6. The average molecular weight is 629 g/mol. The molecule has 3 unspecified atom stereocenters. The van der Waals surface area contributed by atoms with Gasteiger partial charge in [0.1, 0.15) is 0 Å². The van der Waals surface area contributed by atoms with Crippen LogP contribution < -0.4 is 0 Å². The third-order valence-electron chi connectivity index (χ3n) is 5.68. The van der Waals surface area contributed by atoms with Crippen molar-refractivity contribution in [1.82, 2.24) is 0 Å². The van der Waals surface area contributed by atoms with E-state index in [-0.39, 0.29) is 0 Å². The summed E-state index contributed by atoms with van der Waals surface area (Å²) in [4.78, 5) is 74.7. The van der Waals surface area contributed by atoms with Gasteiger partial charge in [0.2, 0.25) is 0 Å². The summed E-state index contributed by atoms with van der Waals surface area (Å²) >= 11 is -2.39. The van der Waals surface area contributed by atoms with E-state index in [1.165, 1.54) is 20.8 Å². The molecule has 0 aromatic heterocycles. The Morgan fingerprint density at radius 2 is 0.698 bits per heavy atom. The van der Waals surface area contributed by atoms with Gasteiger partial charge in [-0.25, -0.2) is 0 Å². The van der Waals surface area contributed by atoms with Gasteiger partial charge in [0.15, 0.2) is 0 Å². The molecular formula is C33H33FeO9. The number of esters is 3. The van der Waals surface area contributed by atoms with Gasteiger partial charge in [0.25, 0.3) is 0 Å². The minimum absolute atomic E-state index is 0.414. The summed E-state index contributed by atoms with van der Waals surface area (Å²) in [5.41, 5.74) is 1.52.